The van der Waals surface area contributed by atoms with Crippen LogP contribution in [0.2, 0.25) is 0 Å². The highest BCUT2D eigenvalue weighted by Crippen LogP contribution is 2.38. The van der Waals surface area contributed by atoms with Crippen molar-refractivity contribution in [3.05, 3.63) is 28.2 Å². The average molecular weight is 341 g/mol. The molecule has 1 unspecified atom stereocenters. The third-order valence-electron chi connectivity index (χ3n) is 4.62. The number of likely N-dealkylation sites (N-methyl/N-ethyl adjacent to an activating group) is 2. The molecule has 0 heterocycles. The van der Waals surface area contributed by atoms with Crippen LogP contribution in [0.15, 0.2) is 22.7 Å². The molecule has 20 heavy (non-hydrogen) atoms. The second-order valence-corrected chi connectivity index (χ2v) is 7.12. The van der Waals surface area contributed by atoms with Crippen molar-refractivity contribution in [3.63, 3.8) is 0 Å². The summed E-state index contributed by atoms with van der Waals surface area (Å²) >= 11 is 3.49. The molecule has 1 aromatic carbocycles. The zero-order valence-electron chi connectivity index (χ0n) is 12.9. The maximum absolute atomic E-state index is 10.00. The van der Waals surface area contributed by atoms with E-state index in [1.54, 1.807) is 0 Å². The molecular weight excluding hydrogens is 316 g/mol. The van der Waals surface area contributed by atoms with Gasteiger partial charge >= 0.3 is 0 Å². The topological polar surface area (TPSA) is 26.7 Å². The lowest BCUT2D eigenvalue weighted by Crippen LogP contribution is -2.56. The summed E-state index contributed by atoms with van der Waals surface area (Å²) in [6, 6.07) is 6.15. The molecule has 0 aromatic heterocycles. The third kappa shape index (κ3) is 3.02. The summed E-state index contributed by atoms with van der Waals surface area (Å²) < 4.78 is 1.01. The summed E-state index contributed by atoms with van der Waals surface area (Å²) in [6.07, 6.45) is 3.37. The predicted molar refractivity (Wildman–Crippen MR) is 88.3 cm³/mol. The lowest BCUT2D eigenvalue weighted by atomic mass is 9.75. The summed E-state index contributed by atoms with van der Waals surface area (Å²) in [5, 5.41) is 10.00. The maximum Gasteiger partial charge on any atom is 0.0782 e. The molecule has 4 heteroatoms. The van der Waals surface area contributed by atoms with Crippen molar-refractivity contribution in [3.8, 4) is 0 Å². The fourth-order valence-corrected chi connectivity index (χ4v) is 3.44. The molecule has 1 aromatic rings. The van der Waals surface area contributed by atoms with E-state index in [2.05, 4.69) is 52.9 Å². The van der Waals surface area contributed by atoms with Gasteiger partial charge in [0, 0.05) is 34.9 Å². The van der Waals surface area contributed by atoms with Gasteiger partial charge < -0.3 is 14.9 Å². The highest BCUT2D eigenvalue weighted by Gasteiger charge is 2.40. The van der Waals surface area contributed by atoms with Crippen molar-refractivity contribution < 1.29 is 5.11 Å². The number of hydrogen-bond acceptors (Lipinski definition) is 3. The van der Waals surface area contributed by atoms with Gasteiger partial charge in [-0.05, 0) is 58.5 Å². The van der Waals surface area contributed by atoms with Gasteiger partial charge in [0.25, 0.3) is 0 Å². The van der Waals surface area contributed by atoms with E-state index in [9.17, 15) is 5.11 Å². The van der Waals surface area contributed by atoms with Crippen LogP contribution in [0.4, 0.5) is 5.69 Å². The normalized spacial score (nSPS) is 18.8. The van der Waals surface area contributed by atoms with E-state index < -0.39 is 6.10 Å². The van der Waals surface area contributed by atoms with Crippen LogP contribution in [0, 0.1) is 0 Å². The van der Waals surface area contributed by atoms with Crippen molar-refractivity contribution in [1.82, 2.24) is 4.90 Å². The summed E-state index contributed by atoms with van der Waals surface area (Å²) in [4.78, 5) is 4.64. The molecule has 1 atom stereocenters. The molecule has 1 aliphatic carbocycles. The Bertz CT molecular complexity index is 470. The highest BCUT2D eigenvalue weighted by molar-refractivity contribution is 9.10. The lowest BCUT2D eigenvalue weighted by molar-refractivity contribution is 0.0682. The molecule has 0 bridgehead atoms. The van der Waals surface area contributed by atoms with E-state index >= 15 is 0 Å². The van der Waals surface area contributed by atoms with Crippen molar-refractivity contribution in [2.45, 2.75) is 37.8 Å². The first-order chi connectivity index (χ1) is 9.35. The SMILES string of the molecule is CC(O)c1cc(Br)ccc1N(C)CC1(N(C)C)CCC1. The number of halogens is 1. The van der Waals surface area contributed by atoms with E-state index in [4.69, 9.17) is 0 Å². The van der Waals surface area contributed by atoms with Crippen LogP contribution in [-0.2, 0) is 0 Å². The molecule has 0 saturated heterocycles. The molecule has 1 saturated carbocycles. The van der Waals surface area contributed by atoms with E-state index in [1.165, 1.54) is 19.3 Å². The lowest BCUT2D eigenvalue weighted by Gasteiger charge is -2.49. The Kier molecular flexibility index (Phi) is 4.77. The quantitative estimate of drug-likeness (QED) is 0.889. The van der Waals surface area contributed by atoms with Gasteiger partial charge in [-0.3, -0.25) is 0 Å². The van der Waals surface area contributed by atoms with Crippen LogP contribution in [0.25, 0.3) is 0 Å². The van der Waals surface area contributed by atoms with Crippen molar-refractivity contribution in [2.24, 2.45) is 0 Å². The number of anilines is 1. The Balaban J connectivity index is 2.23. The van der Waals surface area contributed by atoms with Crippen molar-refractivity contribution in [2.75, 3.05) is 32.6 Å². The molecule has 1 N–H and O–H groups in total. The largest absolute Gasteiger partial charge is 0.389 e. The van der Waals surface area contributed by atoms with Gasteiger partial charge in [0.2, 0.25) is 0 Å². The molecular formula is C16H25BrN2O. The maximum atomic E-state index is 10.00. The van der Waals surface area contributed by atoms with Crippen LogP contribution in [0.1, 0.15) is 37.9 Å². The minimum atomic E-state index is -0.457. The molecule has 1 aliphatic rings. The first-order valence-corrected chi connectivity index (χ1v) is 8.01. The van der Waals surface area contributed by atoms with Crippen molar-refractivity contribution >= 4 is 21.6 Å². The summed E-state index contributed by atoms with van der Waals surface area (Å²) in [5.41, 5.74) is 2.39. The minimum absolute atomic E-state index is 0.289. The van der Waals surface area contributed by atoms with Gasteiger partial charge in [0.15, 0.2) is 0 Å². The molecule has 1 fully saturated rings. The van der Waals surface area contributed by atoms with Crippen LogP contribution < -0.4 is 4.90 Å². The van der Waals surface area contributed by atoms with Crippen LogP contribution in [0.5, 0.6) is 0 Å². The second kappa shape index (κ2) is 6.04. The van der Waals surface area contributed by atoms with E-state index in [1.807, 2.05) is 19.1 Å². The monoisotopic (exact) mass is 340 g/mol. The summed E-state index contributed by atoms with van der Waals surface area (Å²) in [6.45, 7) is 2.82. The Hall–Kier alpha value is -0.580. The molecule has 0 amide bonds. The minimum Gasteiger partial charge on any atom is -0.389 e. The highest BCUT2D eigenvalue weighted by atomic mass is 79.9. The van der Waals surface area contributed by atoms with Gasteiger partial charge in [-0.25, -0.2) is 0 Å². The number of aliphatic hydroxyl groups excluding tert-OH is 1. The molecule has 0 spiro atoms. The van der Waals surface area contributed by atoms with E-state index in [0.717, 1.165) is 22.3 Å². The predicted octanol–water partition coefficient (Wildman–Crippen LogP) is 3.42. The number of hydrogen-bond donors (Lipinski definition) is 1. The van der Waals surface area contributed by atoms with Gasteiger partial charge in [0.1, 0.15) is 0 Å². The number of nitrogens with zero attached hydrogens (tertiary/aromatic N) is 2. The fraction of sp³-hybridized carbons (Fsp3) is 0.625. The second-order valence-electron chi connectivity index (χ2n) is 6.21. The number of aliphatic hydroxyl groups is 1. The molecule has 0 radical (unpaired) electrons. The average Bonchev–Trinajstić information content (AvgIpc) is 2.32. The standard InChI is InChI=1S/C16H25BrN2O/c1-12(20)14-10-13(17)6-7-15(14)19(4)11-16(18(2)3)8-5-9-16/h6-7,10,12,20H,5,8-9,11H2,1-4H3. The van der Waals surface area contributed by atoms with Gasteiger partial charge in [-0.2, -0.15) is 0 Å². The van der Waals surface area contributed by atoms with Gasteiger partial charge in [-0.15, -0.1) is 0 Å². The van der Waals surface area contributed by atoms with Gasteiger partial charge in [0.05, 0.1) is 6.10 Å². The Morgan fingerprint density at radius 3 is 2.40 bits per heavy atom. The first kappa shape index (κ1) is 15.8. The Morgan fingerprint density at radius 1 is 1.30 bits per heavy atom. The fourth-order valence-electron chi connectivity index (χ4n) is 3.07. The van der Waals surface area contributed by atoms with Gasteiger partial charge in [-0.1, -0.05) is 15.9 Å². The molecule has 2 rings (SSSR count). The number of benzene rings is 1. The van der Waals surface area contributed by atoms with Crippen molar-refractivity contribution in [1.29, 1.82) is 0 Å². The molecule has 0 aliphatic heterocycles. The van der Waals surface area contributed by atoms with Crippen LogP contribution in [0.3, 0.4) is 0 Å². The van der Waals surface area contributed by atoms with Crippen LogP contribution in [-0.4, -0.2) is 43.2 Å². The van der Waals surface area contributed by atoms with E-state index in [-0.39, 0.29) is 5.54 Å². The smallest absolute Gasteiger partial charge is 0.0782 e. The Morgan fingerprint density at radius 2 is 1.95 bits per heavy atom. The zero-order chi connectivity index (χ0) is 14.9. The van der Waals surface area contributed by atoms with E-state index in [0.29, 0.717) is 0 Å². The summed E-state index contributed by atoms with van der Waals surface area (Å²) in [7, 11) is 6.47. The summed E-state index contributed by atoms with van der Waals surface area (Å²) in [5.74, 6) is 0. The Labute approximate surface area is 130 Å². The molecule has 112 valence electrons. The zero-order valence-corrected chi connectivity index (χ0v) is 14.4. The third-order valence-corrected chi connectivity index (χ3v) is 5.11. The molecule has 3 nitrogen and oxygen atoms in total. The first-order valence-electron chi connectivity index (χ1n) is 7.22. The number of rotatable bonds is 5. The van der Waals surface area contributed by atoms with Crippen LogP contribution >= 0.6 is 15.9 Å².